The third-order valence-corrected chi connectivity index (χ3v) is 4.00. The van der Waals surface area contributed by atoms with Crippen LogP contribution in [-0.2, 0) is 17.6 Å². The molecule has 1 aliphatic rings. The van der Waals surface area contributed by atoms with E-state index < -0.39 is 0 Å². The van der Waals surface area contributed by atoms with Gasteiger partial charge < -0.3 is 10.1 Å². The number of hydrogen-bond acceptors (Lipinski definition) is 3. The summed E-state index contributed by atoms with van der Waals surface area (Å²) in [4.78, 5) is 0. The van der Waals surface area contributed by atoms with Crippen LogP contribution < -0.4 is 5.32 Å². The van der Waals surface area contributed by atoms with E-state index in [1.807, 2.05) is 30.0 Å². The summed E-state index contributed by atoms with van der Waals surface area (Å²) in [5.41, 5.74) is 4.00. The van der Waals surface area contributed by atoms with Crippen LogP contribution in [0.5, 0.6) is 0 Å². The standard InChI is InChI=1S/C15H19NOS.C6H10/c1-3-12-4-5-13-9-15(10-14(13)8-12)17-11-16-6-7-18-2;1-3-5-6-4-2/h3-8,15-16H,1,9-11H2,2H3;3,5-6H,1,4H2,2H3/b7-6-;6-5-. The Kier molecular flexibility index (Phi) is 10.7. The lowest BCUT2D eigenvalue weighted by atomic mass is 10.1. The van der Waals surface area contributed by atoms with E-state index in [4.69, 9.17) is 4.74 Å². The fraction of sp³-hybridized carbons (Fsp3) is 0.333. The number of thioether (sulfide) groups is 1. The number of benzene rings is 1. The molecule has 0 heterocycles. The first kappa shape index (κ1) is 20.3. The number of rotatable bonds is 8. The molecule has 0 amide bonds. The Morgan fingerprint density at radius 2 is 2.08 bits per heavy atom. The van der Waals surface area contributed by atoms with Crippen LogP contribution >= 0.6 is 11.8 Å². The molecule has 24 heavy (non-hydrogen) atoms. The van der Waals surface area contributed by atoms with Gasteiger partial charge in [0.05, 0.1) is 6.10 Å². The number of ether oxygens (including phenoxy) is 1. The SMILES string of the molecule is C=C/C=C\CC.C=Cc1ccc2c(c1)CC(OCN/C=C\SC)C2. The molecule has 1 aliphatic carbocycles. The average Bonchev–Trinajstić information content (AvgIpc) is 3.02. The molecule has 0 saturated heterocycles. The van der Waals surface area contributed by atoms with Gasteiger partial charge in [0.2, 0.25) is 0 Å². The van der Waals surface area contributed by atoms with Crippen molar-refractivity contribution in [3.05, 3.63) is 77.9 Å². The average molecular weight is 344 g/mol. The van der Waals surface area contributed by atoms with Crippen LogP contribution in [0.15, 0.2) is 61.2 Å². The quantitative estimate of drug-likeness (QED) is 0.391. The van der Waals surface area contributed by atoms with Crippen molar-refractivity contribution in [3.8, 4) is 0 Å². The van der Waals surface area contributed by atoms with E-state index in [9.17, 15) is 0 Å². The summed E-state index contributed by atoms with van der Waals surface area (Å²) in [6.07, 6.45) is 15.1. The summed E-state index contributed by atoms with van der Waals surface area (Å²) in [5.74, 6) is 0. The predicted octanol–water partition coefficient (Wildman–Crippen LogP) is 5.33. The Hall–Kier alpha value is -1.71. The van der Waals surface area contributed by atoms with Gasteiger partial charge >= 0.3 is 0 Å². The Balaban J connectivity index is 0.000000413. The normalized spacial score (nSPS) is 15.8. The molecule has 0 radical (unpaired) electrons. The number of hydrogen-bond donors (Lipinski definition) is 1. The van der Waals surface area contributed by atoms with Gasteiger partial charge in [-0.3, -0.25) is 0 Å². The number of allylic oxidation sites excluding steroid dienone is 3. The lowest BCUT2D eigenvalue weighted by molar-refractivity contribution is 0.0539. The highest BCUT2D eigenvalue weighted by Crippen LogP contribution is 2.25. The van der Waals surface area contributed by atoms with Crippen molar-refractivity contribution in [2.24, 2.45) is 0 Å². The van der Waals surface area contributed by atoms with Crippen LogP contribution in [0.2, 0.25) is 0 Å². The van der Waals surface area contributed by atoms with Crippen molar-refractivity contribution < 1.29 is 4.74 Å². The molecule has 130 valence electrons. The second kappa shape index (κ2) is 12.7. The highest BCUT2D eigenvalue weighted by Gasteiger charge is 2.21. The molecule has 0 spiro atoms. The highest BCUT2D eigenvalue weighted by molar-refractivity contribution is 8.01. The molecule has 1 N–H and O–H groups in total. The predicted molar refractivity (Wildman–Crippen MR) is 109 cm³/mol. The Morgan fingerprint density at radius 1 is 1.29 bits per heavy atom. The molecule has 0 saturated carbocycles. The van der Waals surface area contributed by atoms with Crippen LogP contribution in [0.3, 0.4) is 0 Å². The maximum atomic E-state index is 5.81. The molecule has 0 bridgehead atoms. The molecular weight excluding hydrogens is 314 g/mol. The zero-order valence-electron chi connectivity index (χ0n) is 14.8. The van der Waals surface area contributed by atoms with Gasteiger partial charge in [-0.1, -0.05) is 62.6 Å². The summed E-state index contributed by atoms with van der Waals surface area (Å²) in [7, 11) is 0. The Morgan fingerprint density at radius 3 is 2.71 bits per heavy atom. The molecule has 2 nitrogen and oxygen atoms in total. The summed E-state index contributed by atoms with van der Waals surface area (Å²) in [5, 5.41) is 5.13. The zero-order chi connectivity index (χ0) is 17.6. The van der Waals surface area contributed by atoms with E-state index in [1.54, 1.807) is 17.8 Å². The van der Waals surface area contributed by atoms with Crippen molar-refractivity contribution in [1.82, 2.24) is 5.32 Å². The van der Waals surface area contributed by atoms with E-state index in [-0.39, 0.29) is 0 Å². The highest BCUT2D eigenvalue weighted by atomic mass is 32.2. The maximum Gasteiger partial charge on any atom is 0.116 e. The minimum Gasteiger partial charge on any atom is -0.368 e. The van der Waals surface area contributed by atoms with E-state index in [2.05, 4.69) is 49.7 Å². The van der Waals surface area contributed by atoms with E-state index in [1.165, 1.54) is 16.7 Å². The van der Waals surface area contributed by atoms with Crippen molar-refractivity contribution >= 4 is 17.8 Å². The second-order valence-corrected chi connectivity index (χ2v) is 6.13. The van der Waals surface area contributed by atoms with Gasteiger partial charge in [-0.15, -0.1) is 11.8 Å². The molecule has 3 heteroatoms. The third kappa shape index (κ3) is 7.71. The summed E-state index contributed by atoms with van der Waals surface area (Å²) < 4.78 is 5.81. The van der Waals surface area contributed by atoms with Gasteiger partial charge in [0, 0.05) is 6.20 Å². The molecule has 0 aliphatic heterocycles. The molecule has 1 atom stereocenters. The van der Waals surface area contributed by atoms with Gasteiger partial charge in [0.15, 0.2) is 0 Å². The van der Waals surface area contributed by atoms with Crippen molar-refractivity contribution in [2.75, 3.05) is 13.0 Å². The zero-order valence-corrected chi connectivity index (χ0v) is 15.6. The molecule has 0 fully saturated rings. The Bertz CT molecular complexity index is 563. The lowest BCUT2D eigenvalue weighted by Crippen LogP contribution is -2.20. The summed E-state index contributed by atoms with van der Waals surface area (Å²) >= 11 is 1.67. The maximum absolute atomic E-state index is 5.81. The molecule has 2 rings (SSSR count). The van der Waals surface area contributed by atoms with Crippen LogP contribution in [-0.4, -0.2) is 19.1 Å². The van der Waals surface area contributed by atoms with Crippen LogP contribution in [0, 0.1) is 0 Å². The fourth-order valence-corrected chi connectivity index (χ4v) is 2.64. The van der Waals surface area contributed by atoms with Gasteiger partial charge in [0.25, 0.3) is 0 Å². The van der Waals surface area contributed by atoms with Crippen molar-refractivity contribution in [1.29, 1.82) is 0 Å². The lowest BCUT2D eigenvalue weighted by Gasteiger charge is -2.10. The monoisotopic (exact) mass is 343 g/mol. The van der Waals surface area contributed by atoms with E-state index >= 15 is 0 Å². The largest absolute Gasteiger partial charge is 0.368 e. The third-order valence-electron chi connectivity index (χ3n) is 3.59. The topological polar surface area (TPSA) is 21.3 Å². The molecule has 1 aromatic rings. The molecule has 1 aromatic carbocycles. The van der Waals surface area contributed by atoms with Crippen molar-refractivity contribution in [3.63, 3.8) is 0 Å². The first-order chi connectivity index (χ1) is 11.7. The van der Waals surface area contributed by atoms with Gasteiger partial charge in [0.1, 0.15) is 6.73 Å². The van der Waals surface area contributed by atoms with Gasteiger partial charge in [-0.25, -0.2) is 0 Å². The van der Waals surface area contributed by atoms with E-state index in [0.717, 1.165) is 19.3 Å². The van der Waals surface area contributed by atoms with Gasteiger partial charge in [-0.05, 0) is 47.6 Å². The van der Waals surface area contributed by atoms with Crippen LogP contribution in [0.4, 0.5) is 0 Å². The van der Waals surface area contributed by atoms with Crippen LogP contribution in [0.1, 0.15) is 30.0 Å². The smallest absolute Gasteiger partial charge is 0.116 e. The molecule has 0 aromatic heterocycles. The number of nitrogens with one attached hydrogen (secondary N) is 1. The van der Waals surface area contributed by atoms with Crippen molar-refractivity contribution in [2.45, 2.75) is 32.3 Å². The molecular formula is C21H29NOS. The van der Waals surface area contributed by atoms with E-state index in [0.29, 0.717) is 12.8 Å². The molecule has 1 unspecified atom stereocenters. The summed E-state index contributed by atoms with van der Waals surface area (Å²) in [6.45, 7) is 9.98. The minimum atomic E-state index is 0.301. The Labute approximate surface area is 151 Å². The first-order valence-electron chi connectivity index (χ1n) is 8.29. The summed E-state index contributed by atoms with van der Waals surface area (Å²) in [6, 6.07) is 6.52. The van der Waals surface area contributed by atoms with Gasteiger partial charge in [-0.2, -0.15) is 0 Å². The minimum absolute atomic E-state index is 0.301. The second-order valence-electron chi connectivity index (χ2n) is 5.39. The fourth-order valence-electron chi connectivity index (χ4n) is 2.41. The van der Waals surface area contributed by atoms with Crippen LogP contribution in [0.25, 0.3) is 6.08 Å². The first-order valence-corrected chi connectivity index (χ1v) is 9.58. The number of fused-ring (bicyclic) bond motifs is 1.